The fourth-order valence-corrected chi connectivity index (χ4v) is 3.83. The van der Waals surface area contributed by atoms with E-state index in [0.29, 0.717) is 6.04 Å². The summed E-state index contributed by atoms with van der Waals surface area (Å²) in [5.41, 5.74) is 2.54. The highest BCUT2D eigenvalue weighted by atomic mass is 16.2. The summed E-state index contributed by atoms with van der Waals surface area (Å²) in [6.07, 6.45) is 6.50. The van der Waals surface area contributed by atoms with Gasteiger partial charge in [0.15, 0.2) is 5.65 Å². The van der Waals surface area contributed by atoms with Crippen LogP contribution in [-0.2, 0) is 0 Å². The number of carbonyl (C=O) groups excluding carboxylic acids is 1. The molecule has 0 unspecified atom stereocenters. The van der Waals surface area contributed by atoms with Crippen LogP contribution in [0.2, 0.25) is 0 Å². The van der Waals surface area contributed by atoms with Crippen molar-refractivity contribution in [1.29, 1.82) is 0 Å². The van der Waals surface area contributed by atoms with Crippen molar-refractivity contribution in [3.8, 4) is 0 Å². The van der Waals surface area contributed by atoms with Gasteiger partial charge in [0.2, 0.25) is 0 Å². The van der Waals surface area contributed by atoms with E-state index in [2.05, 4.69) is 44.6 Å². The molecule has 5 heteroatoms. The van der Waals surface area contributed by atoms with Gasteiger partial charge in [0.05, 0.1) is 17.1 Å². The Balaban J connectivity index is 2.11. The maximum absolute atomic E-state index is 13.4. The van der Waals surface area contributed by atoms with Crippen LogP contribution in [0.1, 0.15) is 88.3 Å². The standard InChI is InChI=1S/C20H30N4O/c1-6-23(15-9-7-8-10-15)20(25)16-11-18(13(2)3)22-19-17(16)12-21-24(19)14(4)5/h11-15H,6-10H2,1-5H3. The molecule has 5 nitrogen and oxygen atoms in total. The molecule has 1 fully saturated rings. The van der Waals surface area contributed by atoms with Crippen molar-refractivity contribution in [2.45, 2.75) is 78.3 Å². The molecule has 2 heterocycles. The lowest BCUT2D eigenvalue weighted by Crippen LogP contribution is -2.38. The summed E-state index contributed by atoms with van der Waals surface area (Å²) in [7, 11) is 0. The molecule has 1 aliphatic carbocycles. The molecule has 0 atom stereocenters. The highest BCUT2D eigenvalue weighted by Gasteiger charge is 2.28. The second kappa shape index (κ2) is 7.14. The Morgan fingerprint density at radius 1 is 1.28 bits per heavy atom. The van der Waals surface area contributed by atoms with Crippen LogP contribution in [0, 0.1) is 0 Å². The number of fused-ring (bicyclic) bond motifs is 1. The van der Waals surface area contributed by atoms with Crippen LogP contribution in [-0.4, -0.2) is 38.2 Å². The third-order valence-electron chi connectivity index (χ3n) is 5.26. The molecule has 1 aliphatic rings. The summed E-state index contributed by atoms with van der Waals surface area (Å²) >= 11 is 0. The van der Waals surface area contributed by atoms with Crippen molar-refractivity contribution >= 4 is 16.9 Å². The molecular weight excluding hydrogens is 312 g/mol. The molecule has 2 aromatic rings. The van der Waals surface area contributed by atoms with Crippen LogP contribution in [0.25, 0.3) is 11.0 Å². The van der Waals surface area contributed by atoms with Gasteiger partial charge in [0, 0.05) is 24.3 Å². The third kappa shape index (κ3) is 3.29. The Labute approximate surface area is 150 Å². The molecule has 0 spiro atoms. The van der Waals surface area contributed by atoms with E-state index in [1.807, 2.05) is 16.9 Å². The summed E-state index contributed by atoms with van der Waals surface area (Å²) < 4.78 is 1.92. The number of carbonyl (C=O) groups is 1. The zero-order chi connectivity index (χ0) is 18.1. The fourth-order valence-electron chi connectivity index (χ4n) is 3.83. The van der Waals surface area contributed by atoms with Gasteiger partial charge in [0.1, 0.15) is 0 Å². The van der Waals surface area contributed by atoms with Gasteiger partial charge in [-0.3, -0.25) is 4.79 Å². The van der Waals surface area contributed by atoms with Crippen molar-refractivity contribution in [2.24, 2.45) is 0 Å². The Morgan fingerprint density at radius 3 is 2.52 bits per heavy atom. The van der Waals surface area contributed by atoms with Crippen LogP contribution in [0.5, 0.6) is 0 Å². The van der Waals surface area contributed by atoms with Crippen molar-refractivity contribution in [2.75, 3.05) is 6.54 Å². The first-order valence-corrected chi connectivity index (χ1v) is 9.63. The maximum atomic E-state index is 13.4. The van der Waals surface area contributed by atoms with Crippen LogP contribution >= 0.6 is 0 Å². The lowest BCUT2D eigenvalue weighted by atomic mass is 10.0. The number of nitrogens with zero attached hydrogens (tertiary/aromatic N) is 4. The van der Waals surface area contributed by atoms with Gasteiger partial charge in [-0.1, -0.05) is 26.7 Å². The second-order valence-electron chi connectivity index (χ2n) is 7.70. The summed E-state index contributed by atoms with van der Waals surface area (Å²) in [5.74, 6) is 0.403. The van der Waals surface area contributed by atoms with E-state index in [9.17, 15) is 4.79 Å². The SMILES string of the molecule is CCN(C(=O)c1cc(C(C)C)nc2c1cnn2C(C)C)C1CCCC1. The van der Waals surface area contributed by atoms with Crippen molar-refractivity contribution in [3.05, 3.63) is 23.5 Å². The van der Waals surface area contributed by atoms with Crippen molar-refractivity contribution < 1.29 is 4.79 Å². The average molecular weight is 342 g/mol. The maximum Gasteiger partial charge on any atom is 0.254 e. The number of hydrogen-bond donors (Lipinski definition) is 0. The van der Waals surface area contributed by atoms with E-state index in [4.69, 9.17) is 4.98 Å². The van der Waals surface area contributed by atoms with Gasteiger partial charge in [-0.15, -0.1) is 0 Å². The Hall–Kier alpha value is -1.91. The van der Waals surface area contributed by atoms with E-state index >= 15 is 0 Å². The number of rotatable bonds is 5. The van der Waals surface area contributed by atoms with E-state index in [-0.39, 0.29) is 17.9 Å². The molecule has 0 N–H and O–H groups in total. The van der Waals surface area contributed by atoms with E-state index < -0.39 is 0 Å². The number of aromatic nitrogens is 3. The number of hydrogen-bond acceptors (Lipinski definition) is 3. The summed E-state index contributed by atoms with van der Waals surface area (Å²) in [5, 5.41) is 5.38. The second-order valence-corrected chi connectivity index (χ2v) is 7.70. The first kappa shape index (κ1) is 17.9. The average Bonchev–Trinajstić information content (AvgIpc) is 3.23. The van der Waals surface area contributed by atoms with Crippen LogP contribution in [0.15, 0.2) is 12.3 Å². The van der Waals surface area contributed by atoms with Gasteiger partial charge >= 0.3 is 0 Å². The lowest BCUT2D eigenvalue weighted by Gasteiger charge is -2.28. The highest BCUT2D eigenvalue weighted by molar-refractivity contribution is 6.05. The summed E-state index contributed by atoms with van der Waals surface area (Å²) in [6.45, 7) is 11.3. The largest absolute Gasteiger partial charge is 0.336 e. The molecule has 0 radical (unpaired) electrons. The highest BCUT2D eigenvalue weighted by Crippen LogP contribution is 2.29. The van der Waals surface area contributed by atoms with Gasteiger partial charge in [-0.2, -0.15) is 5.10 Å². The molecule has 1 saturated carbocycles. The zero-order valence-corrected chi connectivity index (χ0v) is 16.1. The Bertz CT molecular complexity index is 756. The van der Waals surface area contributed by atoms with Crippen molar-refractivity contribution in [1.82, 2.24) is 19.7 Å². The molecule has 0 saturated heterocycles. The van der Waals surface area contributed by atoms with Gasteiger partial charge in [0.25, 0.3) is 5.91 Å². The first-order chi connectivity index (χ1) is 11.9. The predicted octanol–water partition coefficient (Wildman–Crippen LogP) is 4.54. The first-order valence-electron chi connectivity index (χ1n) is 9.63. The van der Waals surface area contributed by atoms with E-state index in [1.54, 1.807) is 0 Å². The van der Waals surface area contributed by atoms with Crippen molar-refractivity contribution in [3.63, 3.8) is 0 Å². The normalized spacial score (nSPS) is 15.6. The number of pyridine rings is 1. The van der Waals surface area contributed by atoms with E-state index in [1.165, 1.54) is 12.8 Å². The van der Waals surface area contributed by atoms with Crippen LogP contribution in [0.3, 0.4) is 0 Å². The Kier molecular flexibility index (Phi) is 5.11. The molecule has 2 aromatic heterocycles. The molecule has 0 aromatic carbocycles. The minimum Gasteiger partial charge on any atom is -0.336 e. The lowest BCUT2D eigenvalue weighted by molar-refractivity contribution is 0.0695. The molecule has 0 bridgehead atoms. The monoisotopic (exact) mass is 342 g/mol. The zero-order valence-electron chi connectivity index (χ0n) is 16.1. The fraction of sp³-hybridized carbons (Fsp3) is 0.650. The molecule has 3 rings (SSSR count). The summed E-state index contributed by atoms with van der Waals surface area (Å²) in [6, 6.07) is 2.58. The smallest absolute Gasteiger partial charge is 0.254 e. The van der Waals surface area contributed by atoms with E-state index in [0.717, 1.165) is 41.7 Å². The molecule has 136 valence electrons. The van der Waals surface area contributed by atoms with Crippen LogP contribution < -0.4 is 0 Å². The molecule has 25 heavy (non-hydrogen) atoms. The minimum absolute atomic E-state index is 0.131. The molecule has 0 aliphatic heterocycles. The molecule has 1 amide bonds. The Morgan fingerprint density at radius 2 is 1.96 bits per heavy atom. The minimum atomic E-state index is 0.131. The molecular formula is C20H30N4O. The van der Waals surface area contributed by atoms with Gasteiger partial charge in [-0.05, 0) is 45.6 Å². The quantitative estimate of drug-likeness (QED) is 0.801. The van der Waals surface area contributed by atoms with Crippen LogP contribution in [0.4, 0.5) is 0 Å². The number of amides is 1. The van der Waals surface area contributed by atoms with Gasteiger partial charge < -0.3 is 4.90 Å². The van der Waals surface area contributed by atoms with Gasteiger partial charge in [-0.25, -0.2) is 9.67 Å². The third-order valence-corrected chi connectivity index (χ3v) is 5.26. The topological polar surface area (TPSA) is 51.0 Å². The predicted molar refractivity (Wildman–Crippen MR) is 101 cm³/mol. The summed E-state index contributed by atoms with van der Waals surface area (Å²) in [4.78, 5) is 20.3.